The average Bonchev–Trinajstić information content (AvgIpc) is 2.67. The van der Waals surface area contributed by atoms with Crippen LogP contribution < -0.4 is 9.80 Å². The van der Waals surface area contributed by atoms with E-state index in [1.807, 2.05) is 4.90 Å². The molecule has 0 aliphatic carbocycles. The number of rotatable bonds is 5. The Morgan fingerprint density at radius 3 is 2.28 bits per heavy atom. The summed E-state index contributed by atoms with van der Waals surface area (Å²) >= 11 is 0. The highest BCUT2D eigenvalue weighted by Crippen LogP contribution is 2.33. The zero-order chi connectivity index (χ0) is 17.8. The van der Waals surface area contributed by atoms with Crippen LogP contribution in [0.15, 0.2) is 12.1 Å². The fraction of sp³-hybridized carbons (Fsp3) is 0.706. The van der Waals surface area contributed by atoms with Crippen LogP contribution in [-0.2, 0) is 0 Å². The molecule has 0 amide bonds. The number of aliphatic hydroxyl groups excluding tert-OH is 2. The predicted molar refractivity (Wildman–Crippen MR) is 94.9 cm³/mol. The SMILES string of the molecule is O=[N+]([O-])c1ccc(N2CCC[C@H](CO)C2)nc1N1CCC[C@@H](CO)C1. The van der Waals surface area contributed by atoms with Crippen molar-refractivity contribution in [3.05, 3.63) is 22.2 Å². The molecule has 0 radical (unpaired) electrons. The molecule has 2 aliphatic rings. The van der Waals surface area contributed by atoms with Crippen LogP contribution in [0.1, 0.15) is 25.7 Å². The standard InChI is InChI=1S/C17H26N4O4/c22-11-13-3-1-7-19(9-13)16-6-5-15(21(24)25)17(18-16)20-8-2-4-14(10-20)12-23/h5-6,13-14,22-23H,1-4,7-12H2/t13-,14+/m0/s1. The van der Waals surface area contributed by atoms with Crippen LogP contribution in [0.25, 0.3) is 0 Å². The maximum absolute atomic E-state index is 11.4. The quantitative estimate of drug-likeness (QED) is 0.611. The molecule has 2 fully saturated rings. The second-order valence-corrected chi connectivity index (χ2v) is 7.04. The lowest BCUT2D eigenvalue weighted by Gasteiger charge is -2.35. The number of nitro groups is 1. The lowest BCUT2D eigenvalue weighted by molar-refractivity contribution is -0.384. The van der Waals surface area contributed by atoms with Crippen molar-refractivity contribution >= 4 is 17.3 Å². The summed E-state index contributed by atoms with van der Waals surface area (Å²) in [4.78, 5) is 19.7. The van der Waals surface area contributed by atoms with Gasteiger partial charge in [-0.25, -0.2) is 4.98 Å². The third-order valence-corrected chi connectivity index (χ3v) is 5.21. The molecular weight excluding hydrogens is 324 g/mol. The zero-order valence-electron chi connectivity index (χ0n) is 14.4. The molecule has 0 saturated carbocycles. The molecule has 25 heavy (non-hydrogen) atoms. The molecule has 3 heterocycles. The van der Waals surface area contributed by atoms with E-state index in [2.05, 4.69) is 9.88 Å². The molecule has 0 unspecified atom stereocenters. The van der Waals surface area contributed by atoms with Gasteiger partial charge in [0.2, 0.25) is 5.82 Å². The first-order chi connectivity index (χ1) is 12.1. The second kappa shape index (κ2) is 7.97. The van der Waals surface area contributed by atoms with Crippen molar-refractivity contribution in [2.45, 2.75) is 25.7 Å². The van der Waals surface area contributed by atoms with Crippen LogP contribution in [0.4, 0.5) is 17.3 Å². The number of pyridine rings is 1. The molecule has 0 spiro atoms. The average molecular weight is 350 g/mol. The van der Waals surface area contributed by atoms with Gasteiger partial charge in [-0.1, -0.05) is 0 Å². The topological polar surface area (TPSA) is 103 Å². The molecule has 0 bridgehead atoms. The van der Waals surface area contributed by atoms with Gasteiger partial charge >= 0.3 is 5.69 Å². The van der Waals surface area contributed by atoms with Crippen LogP contribution in [0, 0.1) is 22.0 Å². The number of hydrogen-bond donors (Lipinski definition) is 2. The molecule has 2 saturated heterocycles. The minimum Gasteiger partial charge on any atom is -0.396 e. The van der Waals surface area contributed by atoms with Gasteiger partial charge in [0, 0.05) is 45.5 Å². The fourth-order valence-corrected chi connectivity index (χ4v) is 3.81. The Hall–Kier alpha value is -1.93. The summed E-state index contributed by atoms with van der Waals surface area (Å²) in [5.41, 5.74) is 0.0121. The third kappa shape index (κ3) is 4.01. The molecule has 2 N–H and O–H groups in total. The monoisotopic (exact) mass is 350 g/mol. The highest BCUT2D eigenvalue weighted by atomic mass is 16.6. The third-order valence-electron chi connectivity index (χ3n) is 5.21. The zero-order valence-corrected chi connectivity index (χ0v) is 14.4. The van der Waals surface area contributed by atoms with Gasteiger partial charge in [-0.05, 0) is 43.6 Å². The smallest absolute Gasteiger partial charge is 0.311 e. The summed E-state index contributed by atoms with van der Waals surface area (Å²) in [6, 6.07) is 3.23. The Morgan fingerprint density at radius 1 is 1.08 bits per heavy atom. The molecule has 3 rings (SSSR count). The van der Waals surface area contributed by atoms with Crippen LogP contribution >= 0.6 is 0 Å². The summed E-state index contributed by atoms with van der Waals surface area (Å²) in [6.07, 6.45) is 3.81. The van der Waals surface area contributed by atoms with E-state index in [1.165, 1.54) is 6.07 Å². The number of anilines is 2. The minimum atomic E-state index is -0.387. The minimum absolute atomic E-state index is 0.0121. The molecular formula is C17H26N4O4. The number of nitrogens with zero attached hydrogens (tertiary/aromatic N) is 4. The summed E-state index contributed by atoms with van der Waals surface area (Å²) in [5.74, 6) is 1.48. The van der Waals surface area contributed by atoms with E-state index in [1.54, 1.807) is 6.07 Å². The van der Waals surface area contributed by atoms with Gasteiger partial charge in [-0.15, -0.1) is 0 Å². The van der Waals surface area contributed by atoms with Crippen molar-refractivity contribution in [2.75, 3.05) is 49.2 Å². The van der Waals surface area contributed by atoms with E-state index in [-0.39, 0.29) is 35.7 Å². The first kappa shape index (κ1) is 17.9. The van der Waals surface area contributed by atoms with Crippen molar-refractivity contribution in [3.63, 3.8) is 0 Å². The van der Waals surface area contributed by atoms with Crippen molar-refractivity contribution in [1.82, 2.24) is 4.98 Å². The second-order valence-electron chi connectivity index (χ2n) is 7.04. The lowest BCUT2D eigenvalue weighted by Crippen LogP contribution is -2.39. The van der Waals surface area contributed by atoms with Crippen molar-refractivity contribution in [1.29, 1.82) is 0 Å². The van der Waals surface area contributed by atoms with Gasteiger partial charge in [-0.2, -0.15) is 0 Å². The summed E-state index contributed by atoms with van der Waals surface area (Å²) < 4.78 is 0. The van der Waals surface area contributed by atoms with E-state index in [9.17, 15) is 20.3 Å². The van der Waals surface area contributed by atoms with Crippen LogP contribution in [0.2, 0.25) is 0 Å². The largest absolute Gasteiger partial charge is 0.396 e. The molecule has 8 nitrogen and oxygen atoms in total. The fourth-order valence-electron chi connectivity index (χ4n) is 3.81. The van der Waals surface area contributed by atoms with Gasteiger partial charge in [-0.3, -0.25) is 10.1 Å². The van der Waals surface area contributed by atoms with Gasteiger partial charge in [0.25, 0.3) is 0 Å². The highest BCUT2D eigenvalue weighted by Gasteiger charge is 2.28. The maximum Gasteiger partial charge on any atom is 0.311 e. The van der Waals surface area contributed by atoms with Gasteiger partial charge in [0.1, 0.15) is 5.82 Å². The van der Waals surface area contributed by atoms with E-state index in [4.69, 9.17) is 0 Å². The molecule has 138 valence electrons. The summed E-state index contributed by atoms with van der Waals surface area (Å²) in [6.45, 7) is 3.12. The van der Waals surface area contributed by atoms with Crippen LogP contribution in [-0.4, -0.2) is 59.5 Å². The first-order valence-electron chi connectivity index (χ1n) is 8.99. The molecule has 8 heteroatoms. The van der Waals surface area contributed by atoms with Crippen LogP contribution in [0.3, 0.4) is 0 Å². The molecule has 0 aromatic carbocycles. The Kier molecular flexibility index (Phi) is 5.70. The Balaban J connectivity index is 1.88. The predicted octanol–water partition coefficient (Wildman–Crippen LogP) is 1.41. The van der Waals surface area contributed by atoms with Gasteiger partial charge in [0.05, 0.1) is 4.92 Å². The van der Waals surface area contributed by atoms with Crippen molar-refractivity contribution < 1.29 is 15.1 Å². The highest BCUT2D eigenvalue weighted by molar-refractivity contribution is 5.62. The maximum atomic E-state index is 11.4. The number of hydrogen-bond acceptors (Lipinski definition) is 7. The van der Waals surface area contributed by atoms with E-state index < -0.39 is 0 Å². The number of aromatic nitrogens is 1. The number of piperidine rings is 2. The lowest BCUT2D eigenvalue weighted by atomic mass is 9.98. The first-order valence-corrected chi connectivity index (χ1v) is 8.99. The van der Waals surface area contributed by atoms with Gasteiger partial charge in [0.15, 0.2) is 0 Å². The normalized spacial score (nSPS) is 24.4. The van der Waals surface area contributed by atoms with Crippen molar-refractivity contribution in [2.24, 2.45) is 11.8 Å². The molecule has 2 aliphatic heterocycles. The van der Waals surface area contributed by atoms with E-state index in [0.29, 0.717) is 18.9 Å². The Labute approximate surface area is 147 Å². The summed E-state index contributed by atoms with van der Waals surface area (Å²) in [7, 11) is 0. The van der Waals surface area contributed by atoms with E-state index in [0.717, 1.165) is 44.6 Å². The molecule has 1 aromatic rings. The molecule has 1 aromatic heterocycles. The number of aliphatic hydroxyl groups is 2. The Bertz CT molecular complexity index is 612. The van der Waals surface area contributed by atoms with E-state index >= 15 is 0 Å². The Morgan fingerprint density at radius 2 is 1.68 bits per heavy atom. The summed E-state index contributed by atoms with van der Waals surface area (Å²) in [5, 5.41) is 30.3. The van der Waals surface area contributed by atoms with Crippen LogP contribution in [0.5, 0.6) is 0 Å². The van der Waals surface area contributed by atoms with Crippen molar-refractivity contribution in [3.8, 4) is 0 Å². The molecule has 2 atom stereocenters. The van der Waals surface area contributed by atoms with Gasteiger partial charge < -0.3 is 20.0 Å².